The molecule has 0 saturated carbocycles. The molecule has 1 atom stereocenters. The van der Waals surface area contributed by atoms with E-state index in [1.807, 2.05) is 0 Å². The van der Waals surface area contributed by atoms with Crippen molar-refractivity contribution < 1.29 is 0 Å². The normalized spacial score (nSPS) is 24.1. The van der Waals surface area contributed by atoms with Crippen molar-refractivity contribution in [3.8, 4) is 0 Å². The van der Waals surface area contributed by atoms with Gasteiger partial charge in [-0.25, -0.2) is 0 Å². The van der Waals surface area contributed by atoms with Gasteiger partial charge in [-0.15, -0.1) is 0 Å². The minimum atomic E-state index is -0.0817. The maximum Gasteiger partial charge on any atom is 0.0881 e. The van der Waals surface area contributed by atoms with Crippen molar-refractivity contribution >= 4 is 5.71 Å². The number of rotatable bonds is 7. The van der Waals surface area contributed by atoms with Crippen LogP contribution in [0.15, 0.2) is 52.1 Å². The lowest BCUT2D eigenvalue weighted by molar-refractivity contribution is 0.287. The number of allylic oxidation sites excluding steroid dienone is 5. The van der Waals surface area contributed by atoms with Crippen molar-refractivity contribution in [1.29, 1.82) is 0 Å². The van der Waals surface area contributed by atoms with Gasteiger partial charge in [0.25, 0.3) is 0 Å². The fourth-order valence-electron chi connectivity index (χ4n) is 4.53. The molecule has 2 aliphatic carbocycles. The van der Waals surface area contributed by atoms with Crippen LogP contribution in [0.1, 0.15) is 59.8 Å². The van der Waals surface area contributed by atoms with Gasteiger partial charge in [-0.1, -0.05) is 0 Å². The van der Waals surface area contributed by atoms with Gasteiger partial charge < -0.3 is 20.9 Å². The van der Waals surface area contributed by atoms with E-state index in [0.717, 1.165) is 56.1 Å². The topological polar surface area (TPSA) is 56.9 Å². The van der Waals surface area contributed by atoms with E-state index >= 15 is 0 Å². The first kappa shape index (κ1) is 21.7. The zero-order valence-electron chi connectivity index (χ0n) is 18.7. The molecule has 1 heterocycles. The van der Waals surface area contributed by atoms with Gasteiger partial charge in [0, 0.05) is 49.3 Å². The SMILES string of the molecule is CCNC1=C/C(=N\C2=CC=C(N(CC)C(C)C)CC2)C(N2CCCCC2)=CC1N. The van der Waals surface area contributed by atoms with Crippen molar-refractivity contribution in [2.45, 2.75) is 71.9 Å². The van der Waals surface area contributed by atoms with Gasteiger partial charge in [0.2, 0.25) is 0 Å². The van der Waals surface area contributed by atoms with Crippen molar-refractivity contribution in [3.05, 3.63) is 47.1 Å². The summed E-state index contributed by atoms with van der Waals surface area (Å²) < 4.78 is 0. The number of hydrogen-bond donors (Lipinski definition) is 2. The summed E-state index contributed by atoms with van der Waals surface area (Å²) >= 11 is 0. The predicted octanol–water partition coefficient (Wildman–Crippen LogP) is 3.92. The quantitative estimate of drug-likeness (QED) is 0.684. The Bertz CT molecular complexity index is 720. The molecule has 0 radical (unpaired) electrons. The smallest absolute Gasteiger partial charge is 0.0881 e. The third-order valence-corrected chi connectivity index (χ3v) is 6.03. The van der Waals surface area contributed by atoms with Crippen LogP contribution in [0, 0.1) is 0 Å². The van der Waals surface area contributed by atoms with E-state index in [9.17, 15) is 0 Å². The van der Waals surface area contributed by atoms with Gasteiger partial charge in [-0.3, -0.25) is 4.99 Å². The van der Waals surface area contributed by atoms with Crippen LogP contribution in [0.4, 0.5) is 0 Å². The predicted molar refractivity (Wildman–Crippen MR) is 124 cm³/mol. The Morgan fingerprint density at radius 1 is 1.17 bits per heavy atom. The van der Waals surface area contributed by atoms with Crippen molar-refractivity contribution in [1.82, 2.24) is 15.1 Å². The van der Waals surface area contributed by atoms with Crippen LogP contribution in [0.2, 0.25) is 0 Å². The Labute approximate surface area is 177 Å². The first-order valence-corrected chi connectivity index (χ1v) is 11.5. The summed E-state index contributed by atoms with van der Waals surface area (Å²) in [6, 6.07) is 0.452. The van der Waals surface area contributed by atoms with Crippen molar-refractivity contribution in [2.24, 2.45) is 10.7 Å². The minimum Gasteiger partial charge on any atom is -0.387 e. The summed E-state index contributed by atoms with van der Waals surface area (Å²) in [5.41, 5.74) is 12.4. The number of hydrogen-bond acceptors (Lipinski definition) is 5. The average Bonchev–Trinajstić information content (AvgIpc) is 2.72. The Hall–Kier alpha value is -2.01. The maximum atomic E-state index is 6.43. The van der Waals surface area contributed by atoms with Gasteiger partial charge in [-0.05, 0) is 84.1 Å². The highest BCUT2D eigenvalue weighted by molar-refractivity contribution is 6.10. The molecule has 160 valence electrons. The summed E-state index contributed by atoms with van der Waals surface area (Å²) in [6.07, 6.45) is 14.7. The van der Waals surface area contributed by atoms with Crippen molar-refractivity contribution in [3.63, 3.8) is 0 Å². The Morgan fingerprint density at radius 2 is 1.93 bits per heavy atom. The van der Waals surface area contributed by atoms with E-state index in [-0.39, 0.29) is 6.04 Å². The lowest BCUT2D eigenvalue weighted by atomic mass is 9.99. The molecule has 0 aromatic rings. The molecule has 1 fully saturated rings. The standard InChI is InChI=1S/C24H39N5/c1-5-26-22-17-23(24(16-21(22)25)28-14-8-7-9-15-28)27-19-10-12-20(13-11-19)29(6-2)18(3)4/h10,12,16-18,21,26H,5-9,11,13-15,25H2,1-4H3/b27-23+. The Kier molecular flexibility index (Phi) is 7.59. The summed E-state index contributed by atoms with van der Waals surface area (Å²) in [4.78, 5) is 10.1. The van der Waals surface area contributed by atoms with Gasteiger partial charge in [-0.2, -0.15) is 0 Å². The molecule has 3 rings (SSSR count). The van der Waals surface area contributed by atoms with Crippen molar-refractivity contribution in [2.75, 3.05) is 26.2 Å². The average molecular weight is 398 g/mol. The van der Waals surface area contributed by atoms with Gasteiger partial charge in [0.05, 0.1) is 17.5 Å². The van der Waals surface area contributed by atoms with Gasteiger partial charge >= 0.3 is 0 Å². The third-order valence-electron chi connectivity index (χ3n) is 6.03. The number of nitrogens with one attached hydrogen (secondary N) is 1. The number of nitrogens with zero attached hydrogens (tertiary/aromatic N) is 3. The molecule has 3 N–H and O–H groups in total. The van der Waals surface area contributed by atoms with E-state index in [0.29, 0.717) is 6.04 Å². The molecular weight excluding hydrogens is 358 g/mol. The van der Waals surface area contributed by atoms with Crippen LogP contribution in [0.5, 0.6) is 0 Å². The third kappa shape index (κ3) is 5.33. The van der Waals surface area contributed by atoms with Crippen LogP contribution in [0.3, 0.4) is 0 Å². The number of aliphatic imine (C=N–C) groups is 1. The van der Waals surface area contributed by atoms with E-state index < -0.39 is 0 Å². The van der Waals surface area contributed by atoms with E-state index in [1.165, 1.54) is 30.7 Å². The number of piperidine rings is 1. The van der Waals surface area contributed by atoms with Crippen LogP contribution >= 0.6 is 0 Å². The first-order valence-electron chi connectivity index (χ1n) is 11.5. The molecule has 1 unspecified atom stereocenters. The molecule has 0 aromatic carbocycles. The monoisotopic (exact) mass is 397 g/mol. The Balaban J connectivity index is 1.87. The highest BCUT2D eigenvalue weighted by atomic mass is 15.2. The van der Waals surface area contributed by atoms with E-state index in [2.05, 4.69) is 67.1 Å². The zero-order chi connectivity index (χ0) is 20.8. The lowest BCUT2D eigenvalue weighted by Gasteiger charge is -2.34. The molecule has 1 saturated heterocycles. The van der Waals surface area contributed by atoms with E-state index in [1.54, 1.807) is 0 Å². The van der Waals surface area contributed by atoms with Crippen LogP contribution in [-0.4, -0.2) is 53.8 Å². The molecule has 5 nitrogen and oxygen atoms in total. The van der Waals surface area contributed by atoms with E-state index in [4.69, 9.17) is 10.7 Å². The molecule has 1 aliphatic heterocycles. The molecule has 3 aliphatic rings. The number of likely N-dealkylation sites (N-methyl/N-ethyl adjacent to an activating group) is 1. The molecule has 0 aromatic heterocycles. The number of likely N-dealkylation sites (tertiary alicyclic amines) is 1. The fourth-order valence-corrected chi connectivity index (χ4v) is 4.53. The van der Waals surface area contributed by atoms with Crippen LogP contribution < -0.4 is 11.1 Å². The van der Waals surface area contributed by atoms with Crippen LogP contribution in [0.25, 0.3) is 0 Å². The molecule has 0 spiro atoms. The fraction of sp³-hybridized carbons (Fsp3) is 0.625. The highest BCUT2D eigenvalue weighted by Gasteiger charge is 2.24. The summed E-state index contributed by atoms with van der Waals surface area (Å²) in [5, 5.41) is 3.42. The largest absolute Gasteiger partial charge is 0.387 e. The Morgan fingerprint density at radius 3 is 2.52 bits per heavy atom. The summed E-state index contributed by atoms with van der Waals surface area (Å²) in [6.45, 7) is 13.0. The second-order valence-electron chi connectivity index (χ2n) is 8.45. The first-order chi connectivity index (χ1) is 14.0. The second-order valence-corrected chi connectivity index (χ2v) is 8.45. The van der Waals surface area contributed by atoms with Gasteiger partial charge in [0.1, 0.15) is 0 Å². The summed E-state index contributed by atoms with van der Waals surface area (Å²) in [7, 11) is 0. The zero-order valence-corrected chi connectivity index (χ0v) is 18.7. The molecule has 0 amide bonds. The molecule has 5 heteroatoms. The minimum absolute atomic E-state index is 0.0817. The number of nitrogens with two attached hydrogens (primary N) is 1. The highest BCUT2D eigenvalue weighted by Crippen LogP contribution is 2.27. The maximum absolute atomic E-state index is 6.43. The van der Waals surface area contributed by atoms with Gasteiger partial charge in [0.15, 0.2) is 0 Å². The lowest BCUT2D eigenvalue weighted by Crippen LogP contribution is -2.39. The molecule has 0 bridgehead atoms. The van der Waals surface area contributed by atoms with Crippen LogP contribution in [-0.2, 0) is 0 Å². The second kappa shape index (κ2) is 10.1. The molecular formula is C24H39N5. The summed E-state index contributed by atoms with van der Waals surface area (Å²) in [5.74, 6) is 0. The molecule has 29 heavy (non-hydrogen) atoms.